The Morgan fingerprint density at radius 3 is 1.71 bits per heavy atom. The van der Waals surface area contributed by atoms with Crippen molar-refractivity contribution in [2.24, 2.45) is 9.98 Å². The van der Waals surface area contributed by atoms with Crippen molar-refractivity contribution in [3.05, 3.63) is 65.5 Å². The smallest absolute Gasteiger partial charge is 0.119 e. The molecule has 6 heteroatoms. The summed E-state index contributed by atoms with van der Waals surface area (Å²) < 4.78 is 10.4. The van der Waals surface area contributed by atoms with Gasteiger partial charge in [-0.15, -0.1) is 0 Å². The molecule has 0 unspecified atom stereocenters. The van der Waals surface area contributed by atoms with Gasteiger partial charge in [0.05, 0.1) is 42.7 Å². The van der Waals surface area contributed by atoms with E-state index in [1.54, 1.807) is 14.2 Å². The Morgan fingerprint density at radius 2 is 1.25 bits per heavy atom. The summed E-state index contributed by atoms with van der Waals surface area (Å²) in [5, 5.41) is 7.55. The third-order valence-corrected chi connectivity index (χ3v) is 4.45. The van der Waals surface area contributed by atoms with E-state index in [4.69, 9.17) is 9.47 Å². The molecule has 0 bridgehead atoms. The molecule has 144 valence electrons. The Balaban J connectivity index is 1.85. The minimum absolute atomic E-state index is 0.806. The van der Waals surface area contributed by atoms with Gasteiger partial charge in [0.1, 0.15) is 17.2 Å². The maximum absolute atomic E-state index is 5.18. The summed E-state index contributed by atoms with van der Waals surface area (Å²) in [5.74, 6) is 1.61. The first-order valence-corrected chi connectivity index (χ1v) is 8.96. The predicted molar refractivity (Wildman–Crippen MR) is 113 cm³/mol. The van der Waals surface area contributed by atoms with Crippen LogP contribution in [0.15, 0.2) is 58.5 Å². The zero-order valence-corrected chi connectivity index (χ0v) is 16.8. The first-order valence-electron chi connectivity index (χ1n) is 8.96. The highest BCUT2D eigenvalue weighted by Crippen LogP contribution is 2.22. The van der Waals surface area contributed by atoms with Crippen LogP contribution in [0.1, 0.15) is 30.8 Å². The average molecular weight is 376 g/mol. The first kappa shape index (κ1) is 19.4. The summed E-state index contributed by atoms with van der Waals surface area (Å²) in [5.41, 5.74) is 6.15. The average Bonchev–Trinajstić information content (AvgIpc) is 3.10. The van der Waals surface area contributed by atoms with Crippen molar-refractivity contribution in [1.29, 1.82) is 0 Å². The van der Waals surface area contributed by atoms with Gasteiger partial charge in [-0.2, -0.15) is 5.10 Å². The van der Waals surface area contributed by atoms with Crippen molar-refractivity contribution in [2.45, 2.75) is 20.8 Å². The molecule has 28 heavy (non-hydrogen) atoms. The Bertz CT molecular complexity index is 919. The molecular formula is C22H24N4O2. The number of aromatic nitrogens is 2. The van der Waals surface area contributed by atoms with Gasteiger partial charge in [0.15, 0.2) is 0 Å². The molecule has 3 rings (SSSR count). The van der Waals surface area contributed by atoms with E-state index in [2.05, 4.69) is 20.2 Å². The number of benzene rings is 2. The van der Waals surface area contributed by atoms with Crippen LogP contribution in [0, 0.1) is 6.92 Å². The Kier molecular flexibility index (Phi) is 5.89. The number of hydrogen-bond donors (Lipinski definition) is 1. The van der Waals surface area contributed by atoms with Crippen molar-refractivity contribution in [2.75, 3.05) is 14.2 Å². The standard InChI is InChI=1S/C22H24N4O2/c1-14-21(15(2)23-17-6-10-19(27-4)11-7-17)25-26-22(14)16(3)24-18-8-12-20(28-5)13-9-18/h6-13H,1-5H3,(H,25,26). The van der Waals surface area contributed by atoms with Crippen molar-refractivity contribution in [3.63, 3.8) is 0 Å². The lowest BCUT2D eigenvalue weighted by Crippen LogP contribution is -2.00. The highest BCUT2D eigenvalue weighted by molar-refractivity contribution is 6.05. The van der Waals surface area contributed by atoms with Gasteiger partial charge >= 0.3 is 0 Å². The third-order valence-electron chi connectivity index (χ3n) is 4.45. The summed E-state index contributed by atoms with van der Waals surface area (Å²) in [7, 11) is 3.29. The molecule has 2 aromatic carbocycles. The van der Waals surface area contributed by atoms with E-state index in [1.165, 1.54) is 0 Å². The lowest BCUT2D eigenvalue weighted by Gasteiger charge is -2.03. The number of aromatic amines is 1. The van der Waals surface area contributed by atoms with Crippen LogP contribution in [0.5, 0.6) is 11.5 Å². The maximum atomic E-state index is 5.18. The van der Waals surface area contributed by atoms with Crippen LogP contribution in [-0.2, 0) is 0 Å². The van der Waals surface area contributed by atoms with Crippen LogP contribution in [0.4, 0.5) is 11.4 Å². The number of rotatable bonds is 6. The zero-order chi connectivity index (χ0) is 20.1. The summed E-state index contributed by atoms with van der Waals surface area (Å²) in [4.78, 5) is 9.34. The van der Waals surface area contributed by atoms with Gasteiger partial charge in [0, 0.05) is 5.56 Å². The van der Waals surface area contributed by atoms with E-state index in [0.717, 1.165) is 51.2 Å². The molecule has 1 aromatic heterocycles. The number of nitrogens with zero attached hydrogens (tertiary/aromatic N) is 3. The fourth-order valence-corrected chi connectivity index (χ4v) is 2.91. The van der Waals surface area contributed by atoms with E-state index in [1.807, 2.05) is 69.3 Å². The molecule has 0 amide bonds. The Labute approximate surface area is 165 Å². The van der Waals surface area contributed by atoms with Crippen LogP contribution >= 0.6 is 0 Å². The van der Waals surface area contributed by atoms with Gasteiger partial charge < -0.3 is 9.47 Å². The van der Waals surface area contributed by atoms with E-state index < -0.39 is 0 Å². The number of nitrogens with one attached hydrogen (secondary N) is 1. The summed E-state index contributed by atoms with van der Waals surface area (Å²) in [6.07, 6.45) is 0. The van der Waals surface area contributed by atoms with Crippen LogP contribution in [0.2, 0.25) is 0 Å². The minimum Gasteiger partial charge on any atom is -0.497 e. The third kappa shape index (κ3) is 4.28. The monoisotopic (exact) mass is 376 g/mol. The molecule has 0 aliphatic carbocycles. The fraction of sp³-hybridized carbons (Fsp3) is 0.227. The molecule has 1 N–H and O–H groups in total. The molecule has 0 aliphatic heterocycles. The molecule has 0 saturated heterocycles. The SMILES string of the molecule is COc1ccc(N=C(C)c2n[nH]c(C(C)=Nc3ccc(OC)cc3)c2C)cc1. The number of aliphatic imine (C=N–C) groups is 2. The molecule has 0 aliphatic rings. The number of methoxy groups -OCH3 is 2. The minimum atomic E-state index is 0.806. The molecule has 0 saturated carbocycles. The molecular weight excluding hydrogens is 352 g/mol. The van der Waals surface area contributed by atoms with Gasteiger partial charge in [-0.1, -0.05) is 0 Å². The van der Waals surface area contributed by atoms with Gasteiger partial charge in [-0.05, 0) is 69.3 Å². The topological polar surface area (TPSA) is 71.9 Å². The van der Waals surface area contributed by atoms with Gasteiger partial charge in [0.2, 0.25) is 0 Å². The van der Waals surface area contributed by atoms with Crippen LogP contribution < -0.4 is 9.47 Å². The number of ether oxygens (including phenoxy) is 2. The molecule has 6 nitrogen and oxygen atoms in total. The quantitative estimate of drug-likeness (QED) is 0.614. The number of H-pyrrole nitrogens is 1. The van der Waals surface area contributed by atoms with Gasteiger partial charge in [-0.25, -0.2) is 0 Å². The van der Waals surface area contributed by atoms with Gasteiger partial charge in [-0.3, -0.25) is 15.1 Å². The van der Waals surface area contributed by atoms with Crippen molar-refractivity contribution >= 4 is 22.8 Å². The second kappa shape index (κ2) is 8.52. The largest absolute Gasteiger partial charge is 0.497 e. The highest BCUT2D eigenvalue weighted by atomic mass is 16.5. The van der Waals surface area contributed by atoms with Crippen LogP contribution in [-0.4, -0.2) is 35.8 Å². The molecule has 1 heterocycles. The highest BCUT2D eigenvalue weighted by Gasteiger charge is 2.14. The van der Waals surface area contributed by atoms with Crippen molar-refractivity contribution < 1.29 is 9.47 Å². The normalized spacial score (nSPS) is 12.2. The lowest BCUT2D eigenvalue weighted by molar-refractivity contribution is 0.415. The first-order chi connectivity index (χ1) is 13.5. The lowest BCUT2D eigenvalue weighted by atomic mass is 10.1. The maximum Gasteiger partial charge on any atom is 0.119 e. The Hall–Kier alpha value is -3.41. The van der Waals surface area contributed by atoms with Crippen molar-refractivity contribution in [1.82, 2.24) is 10.2 Å². The second-order valence-corrected chi connectivity index (χ2v) is 6.36. The Morgan fingerprint density at radius 1 is 0.786 bits per heavy atom. The van der Waals surface area contributed by atoms with E-state index >= 15 is 0 Å². The van der Waals surface area contributed by atoms with E-state index in [0.29, 0.717) is 0 Å². The van der Waals surface area contributed by atoms with Crippen LogP contribution in [0.3, 0.4) is 0 Å². The summed E-state index contributed by atoms with van der Waals surface area (Å²) in [6, 6.07) is 15.2. The van der Waals surface area contributed by atoms with E-state index in [-0.39, 0.29) is 0 Å². The zero-order valence-electron chi connectivity index (χ0n) is 16.8. The predicted octanol–water partition coefficient (Wildman–Crippen LogP) is 5.02. The summed E-state index contributed by atoms with van der Waals surface area (Å²) in [6.45, 7) is 5.94. The van der Waals surface area contributed by atoms with Crippen molar-refractivity contribution in [3.8, 4) is 11.5 Å². The molecule has 0 fully saturated rings. The number of hydrogen-bond acceptors (Lipinski definition) is 5. The summed E-state index contributed by atoms with van der Waals surface area (Å²) >= 11 is 0. The second-order valence-electron chi connectivity index (χ2n) is 6.36. The van der Waals surface area contributed by atoms with Gasteiger partial charge in [0.25, 0.3) is 0 Å². The van der Waals surface area contributed by atoms with Crippen LogP contribution in [0.25, 0.3) is 0 Å². The molecule has 0 radical (unpaired) electrons. The molecule has 0 atom stereocenters. The molecule has 3 aromatic rings. The van der Waals surface area contributed by atoms with E-state index in [9.17, 15) is 0 Å². The molecule has 0 spiro atoms. The fourth-order valence-electron chi connectivity index (χ4n) is 2.91.